The second kappa shape index (κ2) is 5.63. The summed E-state index contributed by atoms with van der Waals surface area (Å²) in [6, 6.07) is -0.517. The summed E-state index contributed by atoms with van der Waals surface area (Å²) < 4.78 is 38.2. The van der Waals surface area contributed by atoms with E-state index in [1.807, 2.05) is 0 Å². The lowest BCUT2D eigenvalue weighted by Crippen LogP contribution is -2.55. The Balaban J connectivity index is 1.55. The molecule has 1 aliphatic heterocycles. The number of aromatic nitrogens is 2. The molecular formula is C14H17F3N4O2. The Labute approximate surface area is 130 Å². The van der Waals surface area contributed by atoms with Gasteiger partial charge >= 0.3 is 12.2 Å². The van der Waals surface area contributed by atoms with Gasteiger partial charge in [-0.3, -0.25) is 0 Å². The molecule has 2 N–H and O–H groups in total. The number of rotatable bonds is 2. The van der Waals surface area contributed by atoms with Crippen LogP contribution in [0.1, 0.15) is 37.4 Å². The molecule has 2 amide bonds. The number of anilines is 1. The summed E-state index contributed by atoms with van der Waals surface area (Å²) in [5, 5.41) is 12.1. The molecule has 0 atom stereocenters. The molecule has 23 heavy (non-hydrogen) atoms. The molecule has 9 heteroatoms. The average molecular weight is 330 g/mol. The zero-order valence-corrected chi connectivity index (χ0v) is 12.3. The van der Waals surface area contributed by atoms with E-state index >= 15 is 0 Å². The van der Waals surface area contributed by atoms with Crippen LogP contribution in [0.5, 0.6) is 0 Å². The molecule has 3 rings (SSSR count). The molecule has 0 unspecified atom stereocenters. The largest absolute Gasteiger partial charge is 0.417 e. The average Bonchev–Trinajstić information content (AvgIpc) is 3.32. The zero-order valence-electron chi connectivity index (χ0n) is 12.3. The zero-order chi connectivity index (χ0) is 16.7. The first-order valence-corrected chi connectivity index (χ1v) is 7.45. The highest BCUT2D eigenvalue weighted by Crippen LogP contribution is 2.39. The monoisotopic (exact) mass is 330 g/mol. The highest BCUT2D eigenvalue weighted by molar-refractivity contribution is 5.89. The summed E-state index contributed by atoms with van der Waals surface area (Å²) in [4.78, 5) is 21.6. The fourth-order valence-electron chi connectivity index (χ4n) is 2.52. The van der Waals surface area contributed by atoms with E-state index in [1.54, 1.807) is 0 Å². The minimum absolute atomic E-state index is 0.164. The molecule has 1 saturated heterocycles. The van der Waals surface area contributed by atoms with E-state index < -0.39 is 30.7 Å². The maximum absolute atomic E-state index is 12.7. The van der Waals surface area contributed by atoms with Gasteiger partial charge in [-0.2, -0.15) is 13.2 Å². The molecule has 0 radical (unpaired) electrons. The van der Waals surface area contributed by atoms with Crippen LogP contribution >= 0.6 is 0 Å². The molecule has 2 fully saturated rings. The van der Waals surface area contributed by atoms with E-state index in [2.05, 4.69) is 15.3 Å². The maximum Gasteiger partial charge on any atom is 0.417 e. The normalized spacial score (nSPS) is 21.1. The first-order chi connectivity index (χ1) is 10.8. The standard InChI is InChI=1S/C14H17F3N4O2/c15-14(16,17)13(23)3-5-21(6-4-13)12(22)20-10-7-18-11(19-8-10)9-1-2-9/h7-9,23H,1-6H2,(H,20,22). The van der Waals surface area contributed by atoms with E-state index in [-0.39, 0.29) is 13.1 Å². The fraction of sp³-hybridized carbons (Fsp3) is 0.643. The van der Waals surface area contributed by atoms with Gasteiger partial charge in [0, 0.05) is 31.8 Å². The predicted molar refractivity (Wildman–Crippen MR) is 74.8 cm³/mol. The summed E-state index contributed by atoms with van der Waals surface area (Å²) >= 11 is 0. The van der Waals surface area contributed by atoms with Crippen molar-refractivity contribution in [3.63, 3.8) is 0 Å². The van der Waals surface area contributed by atoms with Crippen molar-refractivity contribution in [2.24, 2.45) is 0 Å². The Bertz CT molecular complexity index is 579. The molecular weight excluding hydrogens is 313 g/mol. The Morgan fingerprint density at radius 3 is 2.30 bits per heavy atom. The fourth-order valence-corrected chi connectivity index (χ4v) is 2.52. The number of urea groups is 1. The number of carbonyl (C=O) groups is 1. The van der Waals surface area contributed by atoms with E-state index in [1.165, 1.54) is 17.3 Å². The van der Waals surface area contributed by atoms with Gasteiger partial charge in [0.05, 0.1) is 18.1 Å². The SMILES string of the molecule is O=C(Nc1cnc(C2CC2)nc1)N1CCC(O)(C(F)(F)F)CC1. The van der Waals surface area contributed by atoms with Crippen molar-refractivity contribution in [2.45, 2.75) is 43.4 Å². The van der Waals surface area contributed by atoms with E-state index in [0.717, 1.165) is 18.7 Å². The summed E-state index contributed by atoms with van der Waals surface area (Å²) in [5.74, 6) is 1.15. The molecule has 0 spiro atoms. The number of carbonyl (C=O) groups excluding carboxylic acids is 1. The lowest BCUT2D eigenvalue weighted by molar-refractivity contribution is -0.271. The van der Waals surface area contributed by atoms with Crippen LogP contribution < -0.4 is 5.32 Å². The first-order valence-electron chi connectivity index (χ1n) is 7.45. The number of hydrogen-bond donors (Lipinski definition) is 2. The molecule has 0 aromatic carbocycles. The smallest absolute Gasteiger partial charge is 0.380 e. The summed E-state index contributed by atoms with van der Waals surface area (Å²) in [6.45, 7) is -0.328. The minimum Gasteiger partial charge on any atom is -0.380 e. The highest BCUT2D eigenvalue weighted by atomic mass is 19.4. The molecule has 6 nitrogen and oxygen atoms in total. The number of alkyl halides is 3. The molecule has 1 aromatic heterocycles. The van der Waals surface area contributed by atoms with Gasteiger partial charge in [-0.25, -0.2) is 14.8 Å². The van der Waals surface area contributed by atoms with E-state index in [0.29, 0.717) is 11.6 Å². The number of aliphatic hydroxyl groups is 1. The van der Waals surface area contributed by atoms with Crippen molar-refractivity contribution in [1.82, 2.24) is 14.9 Å². The van der Waals surface area contributed by atoms with Gasteiger partial charge in [0.1, 0.15) is 5.82 Å². The predicted octanol–water partition coefficient (Wildman–Crippen LogP) is 2.28. The second-order valence-corrected chi connectivity index (χ2v) is 6.05. The number of amides is 2. The van der Waals surface area contributed by atoms with Crippen LogP contribution in [0, 0.1) is 0 Å². The summed E-state index contributed by atoms with van der Waals surface area (Å²) in [5.41, 5.74) is -2.31. The van der Waals surface area contributed by atoms with Crippen molar-refractivity contribution in [1.29, 1.82) is 0 Å². The third-order valence-corrected chi connectivity index (χ3v) is 4.27. The maximum atomic E-state index is 12.7. The van der Waals surface area contributed by atoms with E-state index in [9.17, 15) is 23.1 Å². The third-order valence-electron chi connectivity index (χ3n) is 4.27. The van der Waals surface area contributed by atoms with Crippen LogP contribution in [-0.2, 0) is 0 Å². The molecule has 1 aromatic rings. The Morgan fingerprint density at radius 1 is 1.26 bits per heavy atom. The third kappa shape index (κ3) is 3.39. The highest BCUT2D eigenvalue weighted by Gasteiger charge is 2.54. The van der Waals surface area contributed by atoms with Crippen molar-refractivity contribution >= 4 is 11.7 Å². The van der Waals surface area contributed by atoms with Gasteiger partial charge in [-0.05, 0) is 12.8 Å². The topological polar surface area (TPSA) is 78.4 Å². The van der Waals surface area contributed by atoms with Gasteiger partial charge in [-0.1, -0.05) is 0 Å². The van der Waals surface area contributed by atoms with Crippen LogP contribution in [0.2, 0.25) is 0 Å². The molecule has 1 saturated carbocycles. The molecule has 0 bridgehead atoms. The van der Waals surface area contributed by atoms with Crippen LogP contribution in [0.25, 0.3) is 0 Å². The quantitative estimate of drug-likeness (QED) is 0.872. The van der Waals surface area contributed by atoms with Crippen LogP contribution in [-0.4, -0.2) is 50.9 Å². The van der Waals surface area contributed by atoms with Crippen molar-refractivity contribution in [2.75, 3.05) is 18.4 Å². The molecule has 2 aliphatic rings. The second-order valence-electron chi connectivity index (χ2n) is 6.05. The van der Waals surface area contributed by atoms with E-state index in [4.69, 9.17) is 0 Å². The molecule has 1 aliphatic carbocycles. The van der Waals surface area contributed by atoms with Gasteiger partial charge in [-0.15, -0.1) is 0 Å². The van der Waals surface area contributed by atoms with Crippen LogP contribution in [0.4, 0.5) is 23.7 Å². The summed E-state index contributed by atoms with van der Waals surface area (Å²) in [7, 11) is 0. The number of halogens is 3. The van der Waals surface area contributed by atoms with Crippen LogP contribution in [0.3, 0.4) is 0 Å². The van der Waals surface area contributed by atoms with Gasteiger partial charge in [0.15, 0.2) is 5.60 Å². The Kier molecular flexibility index (Phi) is 3.91. The van der Waals surface area contributed by atoms with Gasteiger partial charge < -0.3 is 15.3 Å². The van der Waals surface area contributed by atoms with Gasteiger partial charge in [0.25, 0.3) is 0 Å². The lowest BCUT2D eigenvalue weighted by Gasteiger charge is -2.38. The first kappa shape index (κ1) is 16.0. The lowest BCUT2D eigenvalue weighted by atomic mass is 9.91. The van der Waals surface area contributed by atoms with Crippen molar-refractivity contribution in [3.8, 4) is 0 Å². The van der Waals surface area contributed by atoms with Gasteiger partial charge in [0.2, 0.25) is 0 Å². The summed E-state index contributed by atoms with van der Waals surface area (Å²) in [6.07, 6.45) is -0.601. The Hall–Kier alpha value is -1.90. The Morgan fingerprint density at radius 2 is 1.83 bits per heavy atom. The minimum atomic E-state index is -4.68. The van der Waals surface area contributed by atoms with Crippen molar-refractivity contribution < 1.29 is 23.1 Å². The molecule has 126 valence electrons. The van der Waals surface area contributed by atoms with Crippen LogP contribution in [0.15, 0.2) is 12.4 Å². The molecule has 2 heterocycles. The number of hydrogen-bond acceptors (Lipinski definition) is 4. The number of likely N-dealkylation sites (tertiary alicyclic amines) is 1. The number of nitrogens with one attached hydrogen (secondary N) is 1. The van der Waals surface area contributed by atoms with Crippen molar-refractivity contribution in [3.05, 3.63) is 18.2 Å². The number of nitrogens with zero attached hydrogens (tertiary/aromatic N) is 3. The number of piperidine rings is 1.